The van der Waals surface area contributed by atoms with Gasteiger partial charge in [-0.1, -0.05) is 6.07 Å². The van der Waals surface area contributed by atoms with Gasteiger partial charge in [0.25, 0.3) is 0 Å². The first-order chi connectivity index (χ1) is 14.3. The van der Waals surface area contributed by atoms with Crippen LogP contribution in [0.5, 0.6) is 0 Å². The molecule has 0 aliphatic carbocycles. The summed E-state index contributed by atoms with van der Waals surface area (Å²) in [5.41, 5.74) is 2.62. The van der Waals surface area contributed by atoms with Crippen LogP contribution in [-0.4, -0.2) is 58.2 Å². The number of anilines is 3. The van der Waals surface area contributed by atoms with Gasteiger partial charge in [0.15, 0.2) is 12.1 Å². The number of hydrogen-bond acceptors (Lipinski definition) is 6. The zero-order valence-corrected chi connectivity index (χ0v) is 18.0. The number of pyridine rings is 1. The third-order valence-corrected chi connectivity index (χ3v) is 7.56. The number of nitrogens with zero attached hydrogens (tertiary/aromatic N) is 4. The van der Waals surface area contributed by atoms with Gasteiger partial charge in [0, 0.05) is 38.9 Å². The number of benzene rings is 1. The molecule has 0 atom stereocenters. The quantitative estimate of drug-likeness (QED) is 0.692. The third-order valence-electron chi connectivity index (χ3n) is 5.70. The summed E-state index contributed by atoms with van der Waals surface area (Å²) in [7, 11) is -3.47. The SMILES string of the molecule is Cc1cnc(N2CCN(c3c(N4CCCS4(=O)=O)ccc(C=O)c3F)CC2)c(C)c1. The molecular weight excluding hydrogens is 407 g/mol. The molecule has 0 amide bonds. The summed E-state index contributed by atoms with van der Waals surface area (Å²) in [6.45, 7) is 6.57. The number of aromatic nitrogens is 1. The molecule has 9 heteroatoms. The fourth-order valence-electron chi connectivity index (χ4n) is 4.25. The summed E-state index contributed by atoms with van der Waals surface area (Å²) in [6.07, 6.45) is 2.81. The van der Waals surface area contributed by atoms with E-state index in [2.05, 4.69) is 16.0 Å². The maximum absolute atomic E-state index is 15.2. The summed E-state index contributed by atoms with van der Waals surface area (Å²) >= 11 is 0. The van der Waals surface area contributed by atoms with Crippen molar-refractivity contribution in [1.82, 2.24) is 4.98 Å². The van der Waals surface area contributed by atoms with E-state index < -0.39 is 15.8 Å². The Kier molecular flexibility index (Phi) is 5.40. The van der Waals surface area contributed by atoms with Crippen LogP contribution in [0.3, 0.4) is 0 Å². The Morgan fingerprint density at radius 2 is 1.77 bits per heavy atom. The van der Waals surface area contributed by atoms with Gasteiger partial charge in [-0.3, -0.25) is 9.10 Å². The number of sulfonamides is 1. The Morgan fingerprint density at radius 1 is 1.07 bits per heavy atom. The fourth-order valence-corrected chi connectivity index (χ4v) is 5.82. The average Bonchev–Trinajstić information content (AvgIpc) is 3.07. The lowest BCUT2D eigenvalue weighted by molar-refractivity contribution is 0.112. The van der Waals surface area contributed by atoms with E-state index in [0.717, 1.165) is 16.9 Å². The van der Waals surface area contributed by atoms with E-state index in [1.807, 2.05) is 24.9 Å². The normalized spacial score (nSPS) is 18.7. The smallest absolute Gasteiger partial charge is 0.235 e. The van der Waals surface area contributed by atoms with E-state index in [4.69, 9.17) is 0 Å². The van der Waals surface area contributed by atoms with Crippen LogP contribution in [0.25, 0.3) is 0 Å². The Morgan fingerprint density at radius 3 is 2.37 bits per heavy atom. The van der Waals surface area contributed by atoms with E-state index in [-0.39, 0.29) is 17.0 Å². The second-order valence-electron chi connectivity index (χ2n) is 7.82. The monoisotopic (exact) mass is 432 g/mol. The van der Waals surface area contributed by atoms with Crippen molar-refractivity contribution in [3.63, 3.8) is 0 Å². The highest BCUT2D eigenvalue weighted by Crippen LogP contribution is 2.38. The predicted molar refractivity (Wildman–Crippen MR) is 116 cm³/mol. The second kappa shape index (κ2) is 7.86. The molecule has 2 aliphatic rings. The van der Waals surface area contributed by atoms with Gasteiger partial charge < -0.3 is 9.80 Å². The van der Waals surface area contributed by atoms with Crippen molar-refractivity contribution in [3.8, 4) is 0 Å². The van der Waals surface area contributed by atoms with Crippen LogP contribution in [0.2, 0.25) is 0 Å². The number of carbonyl (C=O) groups excluding carboxylic acids is 1. The zero-order chi connectivity index (χ0) is 21.5. The van der Waals surface area contributed by atoms with Crippen molar-refractivity contribution in [2.75, 3.05) is 52.6 Å². The van der Waals surface area contributed by atoms with Crippen molar-refractivity contribution in [2.24, 2.45) is 0 Å². The average molecular weight is 433 g/mol. The summed E-state index contributed by atoms with van der Waals surface area (Å²) in [4.78, 5) is 19.9. The highest BCUT2D eigenvalue weighted by molar-refractivity contribution is 7.93. The van der Waals surface area contributed by atoms with Crippen LogP contribution in [0, 0.1) is 19.7 Å². The minimum absolute atomic E-state index is 0.0512. The van der Waals surface area contributed by atoms with E-state index in [1.165, 1.54) is 10.4 Å². The number of carbonyl (C=O) groups is 1. The Balaban J connectivity index is 1.65. The summed E-state index contributed by atoms with van der Waals surface area (Å²) in [5.74, 6) is 0.294. The number of halogens is 1. The molecule has 1 aromatic carbocycles. The van der Waals surface area contributed by atoms with Gasteiger partial charge in [0.1, 0.15) is 5.82 Å². The molecule has 2 aromatic rings. The largest absolute Gasteiger partial charge is 0.364 e. The standard InChI is InChI=1S/C21H25FN4O3S/c1-15-12-16(2)21(23-13-15)25-9-7-24(8-10-25)20-18(5-4-17(14-27)19(20)22)26-6-3-11-30(26,28)29/h4-5,12-14H,3,6-11H2,1-2H3. The molecule has 30 heavy (non-hydrogen) atoms. The van der Waals surface area contributed by atoms with Crippen molar-refractivity contribution in [3.05, 3.63) is 46.9 Å². The first-order valence-corrected chi connectivity index (χ1v) is 11.6. The Hall–Kier alpha value is -2.68. The molecule has 0 radical (unpaired) electrons. The topological polar surface area (TPSA) is 73.8 Å². The number of aldehydes is 1. The maximum atomic E-state index is 15.2. The lowest BCUT2D eigenvalue weighted by Crippen LogP contribution is -2.48. The van der Waals surface area contributed by atoms with Crippen LogP contribution in [0.4, 0.5) is 21.6 Å². The van der Waals surface area contributed by atoms with E-state index >= 15 is 4.39 Å². The molecule has 1 aromatic heterocycles. The maximum Gasteiger partial charge on any atom is 0.235 e. The van der Waals surface area contributed by atoms with Crippen LogP contribution in [0.1, 0.15) is 27.9 Å². The second-order valence-corrected chi connectivity index (χ2v) is 9.84. The van der Waals surface area contributed by atoms with E-state index in [0.29, 0.717) is 51.1 Å². The molecule has 2 saturated heterocycles. The molecule has 4 rings (SSSR count). The molecule has 0 unspecified atom stereocenters. The van der Waals surface area contributed by atoms with Gasteiger partial charge in [-0.2, -0.15) is 0 Å². The van der Waals surface area contributed by atoms with Crippen molar-refractivity contribution in [1.29, 1.82) is 0 Å². The summed E-state index contributed by atoms with van der Waals surface area (Å²) in [6, 6.07) is 4.98. The van der Waals surface area contributed by atoms with Gasteiger partial charge in [-0.15, -0.1) is 0 Å². The number of aryl methyl sites for hydroxylation is 2. The molecule has 160 valence electrons. The van der Waals surface area contributed by atoms with Crippen LogP contribution >= 0.6 is 0 Å². The summed E-state index contributed by atoms with van der Waals surface area (Å²) < 4.78 is 41.4. The molecule has 2 aliphatic heterocycles. The van der Waals surface area contributed by atoms with Gasteiger partial charge in [0.2, 0.25) is 10.0 Å². The molecule has 0 spiro atoms. The van der Waals surface area contributed by atoms with Gasteiger partial charge in [0.05, 0.1) is 22.7 Å². The highest BCUT2D eigenvalue weighted by atomic mass is 32.2. The number of hydrogen-bond donors (Lipinski definition) is 0. The lowest BCUT2D eigenvalue weighted by Gasteiger charge is -2.39. The number of piperazine rings is 1. The van der Waals surface area contributed by atoms with Crippen LogP contribution in [0.15, 0.2) is 24.4 Å². The zero-order valence-electron chi connectivity index (χ0n) is 17.1. The predicted octanol–water partition coefficient (Wildman–Crippen LogP) is 2.52. The highest BCUT2D eigenvalue weighted by Gasteiger charge is 2.34. The minimum Gasteiger partial charge on any atom is -0.364 e. The molecule has 3 heterocycles. The van der Waals surface area contributed by atoms with Crippen LogP contribution in [-0.2, 0) is 10.0 Å². The molecule has 0 N–H and O–H groups in total. The molecule has 0 saturated carbocycles. The van der Waals surface area contributed by atoms with Gasteiger partial charge in [-0.05, 0) is 43.5 Å². The third kappa shape index (κ3) is 3.62. The molecule has 2 fully saturated rings. The molecular formula is C21H25FN4O3S. The van der Waals surface area contributed by atoms with E-state index in [1.54, 1.807) is 6.07 Å². The fraction of sp³-hybridized carbons (Fsp3) is 0.429. The first-order valence-electron chi connectivity index (χ1n) is 10.0. The Labute approximate surface area is 176 Å². The van der Waals surface area contributed by atoms with Crippen LogP contribution < -0.4 is 14.1 Å². The first kappa shape index (κ1) is 20.6. The van der Waals surface area contributed by atoms with Crippen molar-refractivity contribution >= 4 is 33.5 Å². The van der Waals surface area contributed by atoms with Crippen molar-refractivity contribution < 1.29 is 17.6 Å². The lowest BCUT2D eigenvalue weighted by atomic mass is 10.1. The minimum atomic E-state index is -3.47. The molecule has 0 bridgehead atoms. The van der Waals surface area contributed by atoms with Gasteiger partial charge >= 0.3 is 0 Å². The van der Waals surface area contributed by atoms with E-state index in [9.17, 15) is 13.2 Å². The van der Waals surface area contributed by atoms with Crippen molar-refractivity contribution in [2.45, 2.75) is 20.3 Å². The Bertz CT molecular complexity index is 1080. The van der Waals surface area contributed by atoms with Gasteiger partial charge in [-0.25, -0.2) is 17.8 Å². The summed E-state index contributed by atoms with van der Waals surface area (Å²) in [5, 5.41) is 0. The molecule has 7 nitrogen and oxygen atoms in total. The number of rotatable bonds is 4.